The molecule has 92 valence electrons. The fourth-order valence-corrected chi connectivity index (χ4v) is 1.91. The Morgan fingerprint density at radius 3 is 2.94 bits per heavy atom. The predicted octanol–water partition coefficient (Wildman–Crippen LogP) is 3.19. The lowest BCUT2D eigenvalue weighted by Gasteiger charge is -2.02. The highest BCUT2D eigenvalue weighted by Gasteiger charge is 2.10. The summed E-state index contributed by atoms with van der Waals surface area (Å²) < 4.78 is 10.9. The Morgan fingerprint density at radius 1 is 1.29 bits per heavy atom. The molecule has 1 fully saturated rings. The first-order valence-electron chi connectivity index (χ1n) is 6.31. The minimum absolute atomic E-state index is 0.629. The van der Waals surface area contributed by atoms with Gasteiger partial charge in [-0.25, -0.2) is 0 Å². The third-order valence-corrected chi connectivity index (χ3v) is 2.91. The molecular formula is C15H20O2. The van der Waals surface area contributed by atoms with Gasteiger partial charge in [-0.1, -0.05) is 42.5 Å². The number of benzene rings is 1. The lowest BCUT2D eigenvalue weighted by atomic mass is 10.1. The second kappa shape index (κ2) is 7.25. The van der Waals surface area contributed by atoms with Gasteiger partial charge in [-0.15, -0.1) is 0 Å². The first-order chi connectivity index (χ1) is 8.45. The Hall–Kier alpha value is -1.12. The van der Waals surface area contributed by atoms with Gasteiger partial charge in [0, 0.05) is 12.5 Å². The molecule has 0 aliphatic carbocycles. The molecule has 1 aliphatic rings. The van der Waals surface area contributed by atoms with E-state index in [2.05, 4.69) is 24.3 Å². The van der Waals surface area contributed by atoms with Crippen molar-refractivity contribution in [2.45, 2.75) is 19.4 Å². The van der Waals surface area contributed by atoms with Gasteiger partial charge in [-0.3, -0.25) is 0 Å². The summed E-state index contributed by atoms with van der Waals surface area (Å²) >= 11 is 0. The van der Waals surface area contributed by atoms with Crippen molar-refractivity contribution >= 4 is 0 Å². The molecule has 0 bridgehead atoms. The van der Waals surface area contributed by atoms with Crippen LogP contribution in [0.15, 0.2) is 42.5 Å². The summed E-state index contributed by atoms with van der Waals surface area (Å²) in [6.07, 6.45) is 6.63. The van der Waals surface area contributed by atoms with Crippen molar-refractivity contribution in [1.82, 2.24) is 0 Å². The third-order valence-electron chi connectivity index (χ3n) is 2.91. The van der Waals surface area contributed by atoms with Gasteiger partial charge in [0.05, 0.1) is 19.8 Å². The fourth-order valence-electron chi connectivity index (χ4n) is 1.91. The lowest BCUT2D eigenvalue weighted by molar-refractivity contribution is 0.125. The van der Waals surface area contributed by atoms with Gasteiger partial charge in [0.2, 0.25) is 0 Å². The molecule has 0 N–H and O–H groups in total. The van der Waals surface area contributed by atoms with Gasteiger partial charge < -0.3 is 9.47 Å². The van der Waals surface area contributed by atoms with Crippen LogP contribution in [0.25, 0.3) is 0 Å². The monoisotopic (exact) mass is 232 g/mol. The van der Waals surface area contributed by atoms with Gasteiger partial charge in [-0.2, -0.15) is 0 Å². The molecule has 1 saturated heterocycles. The third kappa shape index (κ3) is 4.72. The van der Waals surface area contributed by atoms with Crippen LogP contribution in [0.5, 0.6) is 0 Å². The van der Waals surface area contributed by atoms with E-state index < -0.39 is 0 Å². The number of rotatable bonds is 6. The van der Waals surface area contributed by atoms with E-state index in [1.165, 1.54) is 12.0 Å². The van der Waals surface area contributed by atoms with Crippen molar-refractivity contribution < 1.29 is 9.47 Å². The minimum Gasteiger partial charge on any atom is -0.381 e. The molecule has 1 heterocycles. The molecule has 2 nitrogen and oxygen atoms in total. The summed E-state index contributed by atoms with van der Waals surface area (Å²) in [4.78, 5) is 0. The van der Waals surface area contributed by atoms with Crippen LogP contribution in [0, 0.1) is 5.92 Å². The minimum atomic E-state index is 0.629. The molecule has 0 radical (unpaired) electrons. The van der Waals surface area contributed by atoms with E-state index in [0.29, 0.717) is 12.5 Å². The average Bonchev–Trinajstić information content (AvgIpc) is 2.88. The Bertz CT molecular complexity index is 326. The highest BCUT2D eigenvalue weighted by molar-refractivity contribution is 5.13. The highest BCUT2D eigenvalue weighted by Crippen LogP contribution is 2.13. The number of hydrogen-bond donors (Lipinski definition) is 0. The topological polar surface area (TPSA) is 18.5 Å². The van der Waals surface area contributed by atoms with Crippen molar-refractivity contribution in [3.63, 3.8) is 0 Å². The predicted molar refractivity (Wildman–Crippen MR) is 68.8 cm³/mol. The summed E-state index contributed by atoms with van der Waals surface area (Å²) in [5.41, 5.74) is 1.24. The molecule has 2 rings (SSSR count). The van der Waals surface area contributed by atoms with Crippen molar-refractivity contribution in [1.29, 1.82) is 0 Å². The molecule has 1 aromatic carbocycles. The second-order valence-corrected chi connectivity index (χ2v) is 4.38. The maximum atomic E-state index is 5.60. The van der Waals surface area contributed by atoms with Crippen LogP contribution >= 0.6 is 0 Å². The molecule has 1 atom stereocenters. The van der Waals surface area contributed by atoms with Gasteiger partial charge >= 0.3 is 0 Å². The van der Waals surface area contributed by atoms with E-state index in [1.54, 1.807) is 0 Å². The summed E-state index contributed by atoms with van der Waals surface area (Å²) in [6.45, 7) is 3.31. The van der Waals surface area contributed by atoms with Crippen LogP contribution < -0.4 is 0 Å². The zero-order valence-corrected chi connectivity index (χ0v) is 10.2. The maximum Gasteiger partial charge on any atom is 0.0717 e. The van der Waals surface area contributed by atoms with Gasteiger partial charge in [0.25, 0.3) is 0 Å². The van der Waals surface area contributed by atoms with Crippen LogP contribution in [0.1, 0.15) is 18.4 Å². The van der Waals surface area contributed by atoms with Crippen LogP contribution in [-0.2, 0) is 16.1 Å². The Kier molecular flexibility index (Phi) is 5.27. The quantitative estimate of drug-likeness (QED) is 0.554. The zero-order valence-electron chi connectivity index (χ0n) is 10.2. The SMILES string of the molecule is C(=C\C1CCOC1)/CCOCc1ccccc1. The molecule has 2 heteroatoms. The van der Waals surface area contributed by atoms with Crippen LogP contribution in [0.2, 0.25) is 0 Å². The maximum absolute atomic E-state index is 5.60. The number of hydrogen-bond acceptors (Lipinski definition) is 2. The summed E-state index contributed by atoms with van der Waals surface area (Å²) in [7, 11) is 0. The van der Waals surface area contributed by atoms with Crippen molar-refractivity contribution in [3.05, 3.63) is 48.0 Å². The molecule has 17 heavy (non-hydrogen) atoms. The van der Waals surface area contributed by atoms with E-state index in [0.717, 1.165) is 26.2 Å². The molecule has 0 amide bonds. The van der Waals surface area contributed by atoms with Crippen molar-refractivity contribution in [2.75, 3.05) is 19.8 Å². The van der Waals surface area contributed by atoms with Crippen LogP contribution in [-0.4, -0.2) is 19.8 Å². The summed E-state index contributed by atoms with van der Waals surface area (Å²) in [5.74, 6) is 0.629. The Labute approximate surface area is 103 Å². The smallest absolute Gasteiger partial charge is 0.0717 e. The second-order valence-electron chi connectivity index (χ2n) is 4.38. The molecular weight excluding hydrogens is 212 g/mol. The van der Waals surface area contributed by atoms with Crippen LogP contribution in [0.4, 0.5) is 0 Å². The fraction of sp³-hybridized carbons (Fsp3) is 0.467. The lowest BCUT2D eigenvalue weighted by Crippen LogP contribution is -1.96. The van der Waals surface area contributed by atoms with Crippen LogP contribution in [0.3, 0.4) is 0 Å². The van der Waals surface area contributed by atoms with E-state index in [9.17, 15) is 0 Å². The first kappa shape index (κ1) is 12.3. The number of ether oxygens (including phenoxy) is 2. The van der Waals surface area contributed by atoms with Crippen molar-refractivity contribution in [3.8, 4) is 0 Å². The van der Waals surface area contributed by atoms with E-state index in [4.69, 9.17) is 9.47 Å². The first-order valence-corrected chi connectivity index (χ1v) is 6.31. The molecule has 1 aliphatic heterocycles. The normalized spacial score (nSPS) is 20.1. The van der Waals surface area contributed by atoms with Gasteiger partial charge in [-0.05, 0) is 18.4 Å². The highest BCUT2D eigenvalue weighted by atomic mass is 16.5. The van der Waals surface area contributed by atoms with E-state index in [1.807, 2.05) is 18.2 Å². The standard InChI is InChI=1S/C15H20O2/c1-2-6-14(7-3-1)12-16-10-5-4-8-15-9-11-17-13-15/h1-4,6-8,15H,5,9-13H2/b8-4+. The van der Waals surface area contributed by atoms with Gasteiger partial charge in [0.15, 0.2) is 0 Å². The van der Waals surface area contributed by atoms with Gasteiger partial charge in [0.1, 0.15) is 0 Å². The molecule has 1 unspecified atom stereocenters. The molecule has 0 aromatic heterocycles. The summed E-state index contributed by atoms with van der Waals surface area (Å²) in [5, 5.41) is 0. The Balaban J connectivity index is 1.54. The molecule has 1 aromatic rings. The molecule has 0 saturated carbocycles. The average molecular weight is 232 g/mol. The zero-order chi connectivity index (χ0) is 11.8. The summed E-state index contributed by atoms with van der Waals surface area (Å²) in [6, 6.07) is 10.3. The van der Waals surface area contributed by atoms with E-state index in [-0.39, 0.29) is 0 Å². The van der Waals surface area contributed by atoms with E-state index >= 15 is 0 Å². The van der Waals surface area contributed by atoms with Crippen molar-refractivity contribution in [2.24, 2.45) is 5.92 Å². The Morgan fingerprint density at radius 2 is 2.18 bits per heavy atom. The molecule has 0 spiro atoms. The largest absolute Gasteiger partial charge is 0.381 e.